The quantitative estimate of drug-likeness (QED) is 0.804. The molecular formula is C16H15Cl2NO4S. The van der Waals surface area contributed by atoms with Crippen molar-refractivity contribution in [2.24, 2.45) is 0 Å². The standard InChI is InChI=1S/C16H15Cl2NO4S/c1-19(10-12-13(17)3-2-4-14(12)18)24(20,21)11-5-6-15-16(9-11)23-8-7-22-15/h2-6,9H,7-8,10H2,1H3. The monoisotopic (exact) mass is 387 g/mol. The Hall–Kier alpha value is -1.47. The average Bonchev–Trinajstić information content (AvgIpc) is 2.57. The summed E-state index contributed by atoms with van der Waals surface area (Å²) in [5, 5.41) is 0.846. The van der Waals surface area contributed by atoms with Gasteiger partial charge in [-0.05, 0) is 24.3 Å². The van der Waals surface area contributed by atoms with Gasteiger partial charge in [-0.3, -0.25) is 0 Å². The Bertz CT molecular complexity index is 850. The lowest BCUT2D eigenvalue weighted by Crippen LogP contribution is -2.27. The first-order chi connectivity index (χ1) is 11.4. The summed E-state index contributed by atoms with van der Waals surface area (Å²) in [6.45, 7) is 0.904. The molecule has 1 heterocycles. The Kier molecular flexibility index (Phi) is 4.92. The molecule has 0 saturated heterocycles. The second-order valence-electron chi connectivity index (χ2n) is 5.27. The van der Waals surface area contributed by atoms with E-state index in [1.807, 2.05) is 0 Å². The van der Waals surface area contributed by atoms with E-state index in [1.54, 1.807) is 24.3 Å². The second-order valence-corrected chi connectivity index (χ2v) is 8.13. The minimum Gasteiger partial charge on any atom is -0.486 e. The lowest BCUT2D eigenvalue weighted by molar-refractivity contribution is 0.171. The number of sulfonamides is 1. The highest BCUT2D eigenvalue weighted by Gasteiger charge is 2.25. The van der Waals surface area contributed by atoms with Crippen LogP contribution in [0.5, 0.6) is 11.5 Å². The zero-order valence-corrected chi connectivity index (χ0v) is 15.2. The van der Waals surface area contributed by atoms with Gasteiger partial charge in [0.25, 0.3) is 0 Å². The summed E-state index contributed by atoms with van der Waals surface area (Å²) < 4.78 is 37.6. The van der Waals surface area contributed by atoms with Crippen LogP contribution in [0.15, 0.2) is 41.3 Å². The first kappa shape index (κ1) is 17.4. The Morgan fingerprint density at radius 3 is 2.33 bits per heavy atom. The molecule has 0 fully saturated rings. The van der Waals surface area contributed by atoms with Gasteiger partial charge < -0.3 is 9.47 Å². The molecule has 3 rings (SSSR count). The van der Waals surface area contributed by atoms with E-state index in [9.17, 15) is 8.42 Å². The predicted octanol–water partition coefficient (Wildman–Crippen LogP) is 3.59. The van der Waals surface area contributed by atoms with Gasteiger partial charge in [-0.25, -0.2) is 8.42 Å². The van der Waals surface area contributed by atoms with Crippen LogP contribution in [0.3, 0.4) is 0 Å². The van der Waals surface area contributed by atoms with E-state index in [1.165, 1.54) is 23.5 Å². The van der Waals surface area contributed by atoms with Crippen molar-refractivity contribution in [1.82, 2.24) is 4.31 Å². The van der Waals surface area contributed by atoms with Gasteiger partial charge in [-0.15, -0.1) is 0 Å². The molecule has 2 aromatic rings. The zero-order valence-electron chi connectivity index (χ0n) is 12.8. The molecule has 1 aliphatic rings. The fourth-order valence-electron chi connectivity index (χ4n) is 2.36. The SMILES string of the molecule is CN(Cc1c(Cl)cccc1Cl)S(=O)(=O)c1ccc2c(c1)OCCO2. The molecule has 0 amide bonds. The average molecular weight is 388 g/mol. The van der Waals surface area contributed by atoms with Crippen molar-refractivity contribution in [3.05, 3.63) is 52.0 Å². The minimum atomic E-state index is -3.72. The number of halogens is 2. The molecule has 0 spiro atoms. The van der Waals surface area contributed by atoms with Gasteiger partial charge in [0, 0.05) is 35.3 Å². The van der Waals surface area contributed by atoms with Crippen molar-refractivity contribution in [2.75, 3.05) is 20.3 Å². The van der Waals surface area contributed by atoms with Gasteiger partial charge in [-0.1, -0.05) is 29.3 Å². The molecule has 128 valence electrons. The molecule has 2 aromatic carbocycles. The smallest absolute Gasteiger partial charge is 0.243 e. The highest BCUT2D eigenvalue weighted by molar-refractivity contribution is 7.89. The molecule has 0 aromatic heterocycles. The molecule has 0 bridgehead atoms. The molecule has 0 N–H and O–H groups in total. The number of ether oxygens (including phenoxy) is 2. The van der Waals surface area contributed by atoms with Crippen LogP contribution in [0.2, 0.25) is 10.0 Å². The predicted molar refractivity (Wildman–Crippen MR) is 92.5 cm³/mol. The normalized spacial score (nSPS) is 14.0. The summed E-state index contributed by atoms with van der Waals surface area (Å²) in [5.41, 5.74) is 0.560. The Morgan fingerprint density at radius 2 is 1.67 bits per heavy atom. The fraction of sp³-hybridized carbons (Fsp3) is 0.250. The minimum absolute atomic E-state index is 0.0648. The Balaban J connectivity index is 1.90. The van der Waals surface area contributed by atoms with Crippen molar-refractivity contribution < 1.29 is 17.9 Å². The third kappa shape index (κ3) is 3.32. The van der Waals surface area contributed by atoms with Crippen molar-refractivity contribution >= 4 is 33.2 Å². The van der Waals surface area contributed by atoms with Crippen molar-refractivity contribution in [3.8, 4) is 11.5 Å². The largest absolute Gasteiger partial charge is 0.486 e. The first-order valence-corrected chi connectivity index (χ1v) is 9.38. The van der Waals surface area contributed by atoms with E-state index < -0.39 is 10.0 Å². The van der Waals surface area contributed by atoms with E-state index in [2.05, 4.69) is 0 Å². The van der Waals surface area contributed by atoms with E-state index in [0.717, 1.165) is 0 Å². The van der Waals surface area contributed by atoms with Crippen LogP contribution >= 0.6 is 23.2 Å². The summed E-state index contributed by atoms with van der Waals surface area (Å²) in [7, 11) is -2.25. The molecule has 8 heteroatoms. The number of benzene rings is 2. The molecule has 0 saturated carbocycles. The van der Waals surface area contributed by atoms with Crippen LogP contribution in [0.25, 0.3) is 0 Å². The second kappa shape index (κ2) is 6.80. The molecule has 0 atom stereocenters. The number of fused-ring (bicyclic) bond motifs is 1. The van der Waals surface area contributed by atoms with Gasteiger partial charge in [0.2, 0.25) is 10.0 Å². The van der Waals surface area contributed by atoms with E-state index >= 15 is 0 Å². The number of rotatable bonds is 4. The molecular weight excluding hydrogens is 373 g/mol. The van der Waals surface area contributed by atoms with Crippen molar-refractivity contribution in [3.63, 3.8) is 0 Å². The zero-order chi connectivity index (χ0) is 17.3. The fourth-order valence-corrected chi connectivity index (χ4v) is 4.03. The van der Waals surface area contributed by atoms with Crippen LogP contribution in [-0.2, 0) is 16.6 Å². The van der Waals surface area contributed by atoms with Gasteiger partial charge in [-0.2, -0.15) is 4.31 Å². The summed E-state index contributed by atoms with van der Waals surface area (Å²) in [4.78, 5) is 0.123. The summed E-state index contributed by atoms with van der Waals surface area (Å²) in [6.07, 6.45) is 0. The van der Waals surface area contributed by atoms with Crippen LogP contribution in [0.1, 0.15) is 5.56 Å². The summed E-state index contributed by atoms with van der Waals surface area (Å²) >= 11 is 12.2. The highest BCUT2D eigenvalue weighted by Crippen LogP contribution is 2.34. The van der Waals surface area contributed by atoms with E-state index in [0.29, 0.717) is 40.3 Å². The molecule has 5 nitrogen and oxygen atoms in total. The summed E-state index contributed by atoms with van der Waals surface area (Å²) in [5.74, 6) is 0.962. The molecule has 0 aliphatic carbocycles. The maximum absolute atomic E-state index is 12.8. The highest BCUT2D eigenvalue weighted by atomic mass is 35.5. The van der Waals surface area contributed by atoms with Crippen LogP contribution in [0, 0.1) is 0 Å². The lowest BCUT2D eigenvalue weighted by Gasteiger charge is -2.21. The number of hydrogen-bond donors (Lipinski definition) is 0. The maximum atomic E-state index is 12.8. The van der Waals surface area contributed by atoms with Crippen molar-refractivity contribution in [1.29, 1.82) is 0 Å². The maximum Gasteiger partial charge on any atom is 0.243 e. The van der Waals surface area contributed by atoms with Crippen LogP contribution in [0.4, 0.5) is 0 Å². The van der Waals surface area contributed by atoms with Crippen LogP contribution < -0.4 is 9.47 Å². The van der Waals surface area contributed by atoms with Gasteiger partial charge in [0.1, 0.15) is 13.2 Å². The Morgan fingerprint density at radius 1 is 1.04 bits per heavy atom. The van der Waals surface area contributed by atoms with Gasteiger partial charge in [0.15, 0.2) is 11.5 Å². The third-order valence-corrected chi connectivity index (χ3v) is 6.17. The lowest BCUT2D eigenvalue weighted by atomic mass is 10.2. The van der Waals surface area contributed by atoms with Gasteiger partial charge in [0.05, 0.1) is 4.90 Å². The van der Waals surface area contributed by atoms with Crippen LogP contribution in [-0.4, -0.2) is 33.0 Å². The third-order valence-electron chi connectivity index (χ3n) is 3.66. The molecule has 0 unspecified atom stereocenters. The van der Waals surface area contributed by atoms with Gasteiger partial charge >= 0.3 is 0 Å². The van der Waals surface area contributed by atoms with E-state index in [4.69, 9.17) is 32.7 Å². The van der Waals surface area contributed by atoms with Crippen molar-refractivity contribution in [2.45, 2.75) is 11.4 Å². The molecule has 0 radical (unpaired) electrons. The number of hydrogen-bond acceptors (Lipinski definition) is 4. The first-order valence-electron chi connectivity index (χ1n) is 7.18. The topological polar surface area (TPSA) is 55.8 Å². The molecule has 24 heavy (non-hydrogen) atoms. The van der Waals surface area contributed by atoms with E-state index in [-0.39, 0.29) is 11.4 Å². The molecule has 1 aliphatic heterocycles. The number of nitrogens with zero attached hydrogens (tertiary/aromatic N) is 1. The summed E-state index contributed by atoms with van der Waals surface area (Å²) in [6, 6.07) is 9.61. The Labute approximate surface area is 150 Å².